The molecule has 1 heterocycles. The van der Waals surface area contributed by atoms with E-state index in [1.54, 1.807) is 0 Å². The molecule has 0 radical (unpaired) electrons. The van der Waals surface area contributed by atoms with E-state index in [-0.39, 0.29) is 11.2 Å². The molecule has 1 N–H and O–H groups in total. The van der Waals surface area contributed by atoms with Crippen LogP contribution in [0.5, 0.6) is 0 Å². The molecule has 17 heavy (non-hydrogen) atoms. The largest absolute Gasteiger partial charge is 0.481 e. The Labute approximate surface area is 104 Å². The normalized spacial score (nSPS) is 19.2. The molecule has 2 nitrogen and oxygen atoms in total. The molecule has 0 saturated carbocycles. The van der Waals surface area contributed by atoms with Crippen LogP contribution in [0.2, 0.25) is 0 Å². The van der Waals surface area contributed by atoms with Gasteiger partial charge < -0.3 is 5.11 Å². The first kappa shape index (κ1) is 12.0. The number of carboxylic acid groups (broad SMARTS) is 1. The van der Waals surface area contributed by atoms with Gasteiger partial charge in [0, 0.05) is 4.75 Å². The second-order valence-corrected chi connectivity index (χ2v) is 6.70. The predicted molar refractivity (Wildman–Crippen MR) is 73.3 cm³/mol. The minimum absolute atomic E-state index is 0.164. The maximum absolute atomic E-state index is 11.1. The summed E-state index contributed by atoms with van der Waals surface area (Å²) in [5, 5.41) is 13.4. The first-order chi connectivity index (χ1) is 8.13. The molecule has 1 atom stereocenters. The van der Waals surface area contributed by atoms with Crippen LogP contribution in [-0.2, 0) is 9.54 Å². The fourth-order valence-electron chi connectivity index (χ4n) is 2.10. The van der Waals surface area contributed by atoms with E-state index < -0.39 is 16.9 Å². The van der Waals surface area contributed by atoms with Crippen molar-refractivity contribution >= 4 is 16.9 Å². The van der Waals surface area contributed by atoms with Crippen molar-refractivity contribution in [3.05, 3.63) is 58.9 Å². The average molecular weight is 248 g/mol. The number of aliphatic carboxylic acids is 1. The summed E-state index contributed by atoms with van der Waals surface area (Å²) >= 11 is 0. The van der Waals surface area contributed by atoms with Crippen LogP contribution in [0.15, 0.2) is 53.3 Å². The van der Waals surface area contributed by atoms with Crippen molar-refractivity contribution in [1.82, 2.24) is 0 Å². The van der Waals surface area contributed by atoms with Gasteiger partial charge in [-0.25, -0.2) is 10.9 Å². The fourth-order valence-corrected chi connectivity index (χ4v) is 4.19. The van der Waals surface area contributed by atoms with Crippen LogP contribution in [0, 0.1) is 0 Å². The third kappa shape index (κ3) is 2.44. The number of benzene rings is 1. The van der Waals surface area contributed by atoms with Gasteiger partial charge in [0.1, 0.15) is 0 Å². The van der Waals surface area contributed by atoms with Crippen LogP contribution >= 0.6 is 10.9 Å². The van der Waals surface area contributed by atoms with Gasteiger partial charge in [0.2, 0.25) is 0 Å². The highest BCUT2D eigenvalue weighted by Gasteiger charge is 2.34. The molecule has 0 aliphatic carbocycles. The topological polar surface area (TPSA) is 37.3 Å². The molecule has 0 spiro atoms. The summed E-state index contributed by atoms with van der Waals surface area (Å²) in [6.45, 7) is 2.04. The zero-order valence-electron chi connectivity index (χ0n) is 9.71. The summed E-state index contributed by atoms with van der Waals surface area (Å²) in [6, 6.07) is 9.93. The molecule has 90 valence electrons. The van der Waals surface area contributed by atoms with Crippen LogP contribution in [-0.4, -0.2) is 11.1 Å². The highest BCUT2D eigenvalue weighted by atomic mass is 32.2. The summed E-state index contributed by atoms with van der Waals surface area (Å²) < 4.78 is -0.314. The van der Waals surface area contributed by atoms with Crippen molar-refractivity contribution in [3.8, 4) is 0 Å². The lowest BCUT2D eigenvalue weighted by Gasteiger charge is -2.35. The Morgan fingerprint density at radius 3 is 2.35 bits per heavy atom. The van der Waals surface area contributed by atoms with E-state index >= 15 is 0 Å². The fraction of sp³-hybridized carbons (Fsp3) is 0.214. The molecule has 0 aromatic heterocycles. The Kier molecular flexibility index (Phi) is 3.38. The van der Waals surface area contributed by atoms with Gasteiger partial charge >= 0.3 is 5.97 Å². The first-order valence-corrected chi connectivity index (χ1v) is 7.02. The van der Waals surface area contributed by atoms with Crippen LogP contribution in [0.4, 0.5) is 0 Å². The Morgan fingerprint density at radius 1 is 1.24 bits per heavy atom. The average Bonchev–Trinajstić information content (AvgIpc) is 2.83. The van der Waals surface area contributed by atoms with Crippen molar-refractivity contribution in [2.24, 2.45) is 0 Å². The highest BCUT2D eigenvalue weighted by Crippen LogP contribution is 2.54. The lowest BCUT2D eigenvalue weighted by atomic mass is 9.97. The van der Waals surface area contributed by atoms with Crippen LogP contribution in [0.3, 0.4) is 0 Å². The van der Waals surface area contributed by atoms with E-state index in [0.29, 0.717) is 0 Å². The smallest absolute Gasteiger partial charge is 0.305 e. The van der Waals surface area contributed by atoms with Crippen molar-refractivity contribution in [3.63, 3.8) is 0 Å². The molecular weight excluding hydrogens is 232 g/mol. The molecule has 1 aromatic rings. The Hall–Kier alpha value is -1.48. The zero-order chi connectivity index (χ0) is 12.3. The van der Waals surface area contributed by atoms with E-state index in [4.69, 9.17) is 5.11 Å². The maximum atomic E-state index is 11.1. The molecule has 0 fully saturated rings. The van der Waals surface area contributed by atoms with Crippen LogP contribution in [0.1, 0.15) is 18.9 Å². The van der Waals surface area contributed by atoms with Crippen molar-refractivity contribution in [1.29, 1.82) is 0 Å². The molecule has 0 saturated heterocycles. The SMILES string of the molecule is CC(CC(=O)O)(c1ccccc1)[SH]1C=CC=C1. The van der Waals surface area contributed by atoms with Gasteiger partial charge in [-0.15, -0.1) is 0 Å². The van der Waals surface area contributed by atoms with E-state index in [1.807, 2.05) is 49.4 Å². The van der Waals surface area contributed by atoms with Gasteiger partial charge in [-0.3, -0.25) is 4.79 Å². The lowest BCUT2D eigenvalue weighted by molar-refractivity contribution is -0.137. The summed E-state index contributed by atoms with van der Waals surface area (Å²) in [7, 11) is -0.541. The quantitative estimate of drug-likeness (QED) is 0.801. The third-order valence-corrected chi connectivity index (χ3v) is 5.61. The first-order valence-electron chi connectivity index (χ1n) is 5.54. The summed E-state index contributed by atoms with van der Waals surface area (Å²) in [5.74, 6) is -0.743. The number of carboxylic acids is 1. The molecule has 0 bridgehead atoms. The summed E-state index contributed by atoms with van der Waals surface area (Å²) in [4.78, 5) is 11.1. The lowest BCUT2D eigenvalue weighted by Crippen LogP contribution is -2.24. The van der Waals surface area contributed by atoms with Crippen molar-refractivity contribution < 1.29 is 9.90 Å². The van der Waals surface area contributed by atoms with Gasteiger partial charge in [0.15, 0.2) is 0 Å². The molecule has 1 aliphatic rings. The minimum Gasteiger partial charge on any atom is -0.481 e. The highest BCUT2D eigenvalue weighted by molar-refractivity contribution is 8.23. The summed E-state index contributed by atoms with van der Waals surface area (Å²) in [6.07, 6.45) is 4.18. The number of carbonyl (C=O) groups is 1. The molecule has 3 heteroatoms. The Bertz CT molecular complexity index is 452. The second-order valence-electron chi connectivity index (χ2n) is 4.30. The van der Waals surface area contributed by atoms with E-state index in [9.17, 15) is 4.79 Å². The third-order valence-electron chi connectivity index (χ3n) is 3.07. The number of thiol groups is 1. The number of rotatable bonds is 4. The van der Waals surface area contributed by atoms with E-state index in [2.05, 4.69) is 10.8 Å². The Morgan fingerprint density at radius 2 is 1.82 bits per heavy atom. The van der Waals surface area contributed by atoms with Gasteiger partial charge in [0.25, 0.3) is 0 Å². The van der Waals surface area contributed by atoms with Crippen molar-refractivity contribution in [2.75, 3.05) is 0 Å². The molecule has 1 aliphatic heterocycles. The summed E-state index contributed by atoms with van der Waals surface area (Å²) in [5.41, 5.74) is 1.10. The van der Waals surface area contributed by atoms with Crippen LogP contribution < -0.4 is 0 Å². The molecule has 1 aromatic carbocycles. The van der Waals surface area contributed by atoms with Gasteiger partial charge in [-0.2, -0.15) is 0 Å². The van der Waals surface area contributed by atoms with Crippen LogP contribution in [0.25, 0.3) is 0 Å². The van der Waals surface area contributed by atoms with Gasteiger partial charge in [-0.1, -0.05) is 42.5 Å². The van der Waals surface area contributed by atoms with E-state index in [0.717, 1.165) is 5.56 Å². The van der Waals surface area contributed by atoms with Gasteiger partial charge in [-0.05, 0) is 23.3 Å². The Balaban J connectivity index is 2.39. The number of hydrogen-bond acceptors (Lipinski definition) is 1. The predicted octanol–water partition coefficient (Wildman–Crippen LogP) is 3.42. The number of allylic oxidation sites excluding steroid dienone is 2. The molecule has 1 unspecified atom stereocenters. The standard InChI is InChI=1S/C14H16O2S/c1-14(11-13(15)16,17-9-5-6-10-17)12-7-3-2-4-8-12/h2-10,17H,11H2,1H3,(H,15,16). The van der Waals surface area contributed by atoms with E-state index in [1.165, 1.54) is 0 Å². The van der Waals surface area contributed by atoms with Gasteiger partial charge in [0.05, 0.1) is 6.42 Å². The number of hydrogen-bond donors (Lipinski definition) is 2. The van der Waals surface area contributed by atoms with Crippen molar-refractivity contribution in [2.45, 2.75) is 18.1 Å². The zero-order valence-corrected chi connectivity index (χ0v) is 10.6. The minimum atomic E-state index is -0.743. The second kappa shape index (κ2) is 4.80. The molecule has 2 rings (SSSR count). The maximum Gasteiger partial charge on any atom is 0.305 e. The molecular formula is C14H16O2S. The molecule has 0 amide bonds. The monoisotopic (exact) mass is 248 g/mol.